The molecule has 0 saturated carbocycles. The summed E-state index contributed by atoms with van der Waals surface area (Å²) >= 11 is 0. The molecule has 0 aliphatic heterocycles. The normalized spacial score (nSPS) is 12.9. The van der Waals surface area contributed by atoms with Crippen molar-refractivity contribution in [2.45, 2.75) is 37.5 Å². The van der Waals surface area contributed by atoms with Crippen LogP contribution in [0, 0.1) is 13.8 Å². The Hall–Kier alpha value is -2.77. The summed E-state index contributed by atoms with van der Waals surface area (Å²) < 4.78 is 55.0. The lowest BCUT2D eigenvalue weighted by Gasteiger charge is -2.24. The first-order valence-electron chi connectivity index (χ1n) is 9.00. The zero-order valence-corrected chi connectivity index (χ0v) is 18.8. The summed E-state index contributed by atoms with van der Waals surface area (Å²) in [5, 5.41) is 3.28. The lowest BCUT2D eigenvalue weighted by molar-refractivity contribution is 0.443. The molecule has 2 aromatic rings. The molecule has 0 aliphatic carbocycles. The molecule has 1 aromatic heterocycles. The lowest BCUT2D eigenvalue weighted by Crippen LogP contribution is -2.44. The first-order valence-corrected chi connectivity index (χ1v) is 11.9. The zero-order chi connectivity index (χ0) is 22.7. The third kappa shape index (κ3) is 4.37. The lowest BCUT2D eigenvalue weighted by atomic mass is 10.4. The van der Waals surface area contributed by atoms with E-state index in [2.05, 4.69) is 15.1 Å². The number of sulfonamides is 2. The largest absolute Gasteiger partial charge is 0.367 e. The van der Waals surface area contributed by atoms with E-state index in [0.717, 1.165) is 4.31 Å². The molecule has 0 saturated heterocycles. The molecule has 0 radical (unpaired) electrons. The van der Waals surface area contributed by atoms with Gasteiger partial charge in [0.25, 0.3) is 10.0 Å². The van der Waals surface area contributed by atoms with Crippen LogP contribution in [0.1, 0.15) is 25.2 Å². The van der Waals surface area contributed by atoms with E-state index in [-0.39, 0.29) is 19.0 Å². The summed E-state index contributed by atoms with van der Waals surface area (Å²) in [7, 11) is -8.70. The minimum absolute atomic E-state index is 0.170. The Labute approximate surface area is 176 Å². The number of guanidine groups is 1. The van der Waals surface area contributed by atoms with Crippen LogP contribution in [0.5, 0.6) is 0 Å². The number of hydrazone groups is 1. The van der Waals surface area contributed by atoms with E-state index in [1.165, 1.54) is 24.3 Å². The van der Waals surface area contributed by atoms with Gasteiger partial charge in [0, 0.05) is 24.5 Å². The Bertz CT molecular complexity index is 1140. The summed E-state index contributed by atoms with van der Waals surface area (Å²) in [6.45, 7) is 6.96. The second kappa shape index (κ2) is 8.93. The third-order valence-corrected chi connectivity index (χ3v) is 8.16. The number of hydrogen-bond acceptors (Lipinski definition) is 8. The van der Waals surface area contributed by atoms with Crippen molar-refractivity contribution in [3.05, 3.63) is 41.7 Å². The average molecular weight is 456 g/mol. The highest BCUT2D eigenvalue weighted by atomic mass is 32.2. The number of nitrogens with zero attached hydrogens (tertiary/aromatic N) is 5. The fraction of sp³-hybridized carbons (Fsp3) is 0.353. The first-order chi connectivity index (χ1) is 14.0. The Kier molecular flexibility index (Phi) is 7.00. The minimum Gasteiger partial charge on any atom is -0.367 e. The van der Waals surface area contributed by atoms with E-state index >= 15 is 0 Å². The van der Waals surface area contributed by atoms with Gasteiger partial charge in [0.15, 0.2) is 0 Å². The molecular formula is C17H25N7O4S2. The van der Waals surface area contributed by atoms with Gasteiger partial charge in [-0.3, -0.25) is 0 Å². The molecule has 0 bridgehead atoms. The number of nitrogens with two attached hydrogens (primary N) is 2. The topological polar surface area (TPSA) is 165 Å². The van der Waals surface area contributed by atoms with Gasteiger partial charge in [-0.1, -0.05) is 26.0 Å². The molecule has 0 amide bonds. The Morgan fingerprint density at radius 2 is 1.43 bits per heavy atom. The summed E-state index contributed by atoms with van der Waals surface area (Å²) in [4.78, 5) is 7.34. The highest BCUT2D eigenvalue weighted by Crippen LogP contribution is 2.28. The molecule has 0 atom stereocenters. The van der Waals surface area contributed by atoms with Gasteiger partial charge in [-0.05, 0) is 32.0 Å². The summed E-state index contributed by atoms with van der Waals surface area (Å²) in [5.74, 6) is 4.34. The van der Waals surface area contributed by atoms with Gasteiger partial charge in [-0.2, -0.15) is 8.61 Å². The summed E-state index contributed by atoms with van der Waals surface area (Å²) in [6.07, 6.45) is 0. The Morgan fingerprint density at radius 3 is 1.87 bits per heavy atom. The third-order valence-electron chi connectivity index (χ3n) is 4.18. The summed E-state index contributed by atoms with van der Waals surface area (Å²) in [5.41, 5.74) is 6.73. The second-order valence-corrected chi connectivity index (χ2v) is 9.90. The molecule has 1 heterocycles. The van der Waals surface area contributed by atoms with Crippen LogP contribution in [0.15, 0.2) is 45.2 Å². The van der Waals surface area contributed by atoms with Crippen LogP contribution < -0.4 is 15.9 Å². The number of rotatable bonds is 7. The van der Waals surface area contributed by atoms with Crippen LogP contribution in [0.2, 0.25) is 0 Å². The van der Waals surface area contributed by atoms with Crippen molar-refractivity contribution in [2.75, 3.05) is 17.4 Å². The predicted molar refractivity (Wildman–Crippen MR) is 114 cm³/mol. The standard InChI is InChI=1S/C17H25N7O4S2/c1-5-23(6-2)29(25,26)14-9-7-8-10-15(14)30(27,28)24(16(18)22-19)17-20-12(3)11-13(4)21-17/h7-11H,5-6,19H2,1-4H3,(H2,18,22). The van der Waals surface area contributed by atoms with Gasteiger partial charge >= 0.3 is 0 Å². The van der Waals surface area contributed by atoms with E-state index in [9.17, 15) is 16.8 Å². The number of aryl methyl sites for hydroxylation is 2. The van der Waals surface area contributed by atoms with Crippen LogP contribution in [0.4, 0.5) is 5.95 Å². The molecule has 0 aliphatic rings. The predicted octanol–water partition coefficient (Wildman–Crippen LogP) is 0.508. The number of benzene rings is 1. The molecule has 164 valence electrons. The number of hydrogen-bond donors (Lipinski definition) is 2. The van der Waals surface area contributed by atoms with Crippen LogP contribution in [0.3, 0.4) is 0 Å². The van der Waals surface area contributed by atoms with Crippen molar-refractivity contribution in [2.24, 2.45) is 16.7 Å². The molecule has 11 nitrogen and oxygen atoms in total. The number of anilines is 1. The van der Waals surface area contributed by atoms with Crippen molar-refractivity contribution in [3.8, 4) is 0 Å². The molecule has 0 spiro atoms. The van der Waals surface area contributed by atoms with E-state index in [4.69, 9.17) is 11.6 Å². The molecule has 1 aromatic carbocycles. The van der Waals surface area contributed by atoms with Gasteiger partial charge in [0.1, 0.15) is 9.79 Å². The quantitative estimate of drug-likeness (QED) is 0.264. The van der Waals surface area contributed by atoms with Crippen LogP contribution in [-0.2, 0) is 20.0 Å². The van der Waals surface area contributed by atoms with Gasteiger partial charge in [0.2, 0.25) is 21.9 Å². The maximum Gasteiger partial charge on any atom is 0.274 e. The molecule has 2 rings (SSSR count). The highest BCUT2D eigenvalue weighted by Gasteiger charge is 2.36. The maximum atomic E-state index is 13.6. The first kappa shape index (κ1) is 23.5. The average Bonchev–Trinajstić information content (AvgIpc) is 2.67. The molecule has 0 unspecified atom stereocenters. The molecule has 4 N–H and O–H groups in total. The molecule has 0 fully saturated rings. The van der Waals surface area contributed by atoms with E-state index in [1.54, 1.807) is 33.8 Å². The van der Waals surface area contributed by atoms with E-state index in [1.807, 2.05) is 0 Å². The van der Waals surface area contributed by atoms with Gasteiger partial charge in [-0.15, -0.1) is 5.10 Å². The SMILES string of the molecule is CCN(CC)S(=O)(=O)c1ccccc1S(=O)(=O)N(C(N)=NN)c1nc(C)cc(C)n1. The molecular weight excluding hydrogens is 430 g/mol. The highest BCUT2D eigenvalue weighted by molar-refractivity contribution is 7.95. The van der Waals surface area contributed by atoms with Crippen LogP contribution in [0.25, 0.3) is 0 Å². The molecule has 13 heteroatoms. The Morgan fingerprint density at radius 1 is 0.967 bits per heavy atom. The van der Waals surface area contributed by atoms with Crippen LogP contribution >= 0.6 is 0 Å². The van der Waals surface area contributed by atoms with E-state index in [0.29, 0.717) is 15.7 Å². The van der Waals surface area contributed by atoms with E-state index < -0.39 is 35.8 Å². The Balaban J connectivity index is 2.81. The fourth-order valence-corrected chi connectivity index (χ4v) is 6.38. The maximum absolute atomic E-state index is 13.6. The summed E-state index contributed by atoms with van der Waals surface area (Å²) in [6, 6.07) is 6.88. The monoisotopic (exact) mass is 455 g/mol. The van der Waals surface area contributed by atoms with Gasteiger partial charge in [-0.25, -0.2) is 26.8 Å². The van der Waals surface area contributed by atoms with Crippen molar-refractivity contribution >= 4 is 32.0 Å². The zero-order valence-electron chi connectivity index (χ0n) is 17.1. The smallest absolute Gasteiger partial charge is 0.274 e. The number of aromatic nitrogens is 2. The van der Waals surface area contributed by atoms with Crippen LogP contribution in [-0.4, -0.2) is 50.2 Å². The fourth-order valence-electron chi connectivity index (χ4n) is 2.86. The molecule has 30 heavy (non-hydrogen) atoms. The van der Waals surface area contributed by atoms with Crippen molar-refractivity contribution < 1.29 is 16.8 Å². The van der Waals surface area contributed by atoms with Crippen molar-refractivity contribution in [1.29, 1.82) is 0 Å². The van der Waals surface area contributed by atoms with Crippen molar-refractivity contribution in [3.63, 3.8) is 0 Å². The van der Waals surface area contributed by atoms with Gasteiger partial charge < -0.3 is 11.6 Å². The van der Waals surface area contributed by atoms with Gasteiger partial charge in [0.05, 0.1) is 0 Å². The minimum atomic E-state index is -4.60. The second-order valence-electron chi connectivity index (χ2n) is 6.24. The van der Waals surface area contributed by atoms with Crippen molar-refractivity contribution in [1.82, 2.24) is 14.3 Å².